The summed E-state index contributed by atoms with van der Waals surface area (Å²) in [7, 11) is -6.05. The summed E-state index contributed by atoms with van der Waals surface area (Å²) in [4.78, 5) is 0. The first-order chi connectivity index (χ1) is 12.2. The Balaban J connectivity index is 2.55. The molecule has 3 aromatic carbocycles. The molecule has 26 heavy (non-hydrogen) atoms. The van der Waals surface area contributed by atoms with E-state index in [1.54, 1.807) is 12.1 Å². The molecule has 0 bridgehead atoms. The summed E-state index contributed by atoms with van der Waals surface area (Å²) in [5, 5.41) is -2.47. The summed E-state index contributed by atoms with van der Waals surface area (Å²) >= 11 is 30.6. The predicted octanol–water partition coefficient (Wildman–Crippen LogP) is 7.55. The van der Waals surface area contributed by atoms with Crippen LogP contribution in [0.5, 0.6) is 0 Å². The Kier molecular flexibility index (Phi) is 5.50. The van der Waals surface area contributed by atoms with Crippen molar-refractivity contribution in [3.05, 3.63) is 85.8 Å². The first-order valence-electron chi connectivity index (χ1n) is 7.28. The summed E-state index contributed by atoms with van der Waals surface area (Å²) in [5.41, 5.74) is 0. The molecule has 0 aliphatic carbocycles. The Labute approximate surface area is 174 Å². The van der Waals surface area contributed by atoms with Crippen LogP contribution in [0, 0.1) is 0 Å². The zero-order valence-electron chi connectivity index (χ0n) is 12.9. The topological polar surface area (TPSA) is 0 Å². The van der Waals surface area contributed by atoms with Gasteiger partial charge in [-0.2, -0.15) is 0 Å². The van der Waals surface area contributed by atoms with E-state index in [1.807, 2.05) is 0 Å². The van der Waals surface area contributed by atoms with Crippen LogP contribution in [0.4, 0.5) is 8.39 Å². The van der Waals surface area contributed by atoms with E-state index in [-0.39, 0.29) is 25.7 Å². The zero-order valence-corrected chi connectivity index (χ0v) is 17.5. The van der Waals surface area contributed by atoms with Gasteiger partial charge >= 0.3 is 175 Å². The van der Waals surface area contributed by atoms with Gasteiger partial charge < -0.3 is 0 Å². The van der Waals surface area contributed by atoms with Crippen LogP contribution in [0.1, 0.15) is 0 Å². The SMILES string of the molecule is FP(F)(c1ccccc1)(c1ccccc1)c1c(Cl)c(Cl)c(Cl)c(Cl)c1Cl. The van der Waals surface area contributed by atoms with Crippen LogP contribution in [0.3, 0.4) is 0 Å². The molecule has 0 saturated heterocycles. The van der Waals surface area contributed by atoms with Crippen molar-refractivity contribution in [3.63, 3.8) is 0 Å². The minimum absolute atomic E-state index is 0.160. The van der Waals surface area contributed by atoms with Crippen molar-refractivity contribution in [2.45, 2.75) is 0 Å². The van der Waals surface area contributed by atoms with Crippen LogP contribution in [-0.2, 0) is 0 Å². The third kappa shape index (κ3) is 2.92. The van der Waals surface area contributed by atoms with Gasteiger partial charge in [-0.05, 0) is 0 Å². The summed E-state index contributed by atoms with van der Waals surface area (Å²) in [6.45, 7) is 0. The van der Waals surface area contributed by atoms with E-state index in [0.717, 1.165) is 0 Å². The summed E-state index contributed by atoms with van der Waals surface area (Å²) in [6, 6.07) is 14.8. The van der Waals surface area contributed by atoms with Crippen molar-refractivity contribution in [2.75, 3.05) is 0 Å². The van der Waals surface area contributed by atoms with Gasteiger partial charge in [0.1, 0.15) is 0 Å². The molecule has 0 radical (unpaired) electrons. The van der Waals surface area contributed by atoms with Crippen molar-refractivity contribution in [2.24, 2.45) is 0 Å². The second-order valence-electron chi connectivity index (χ2n) is 5.50. The first kappa shape index (κ1) is 20.1. The number of halogens is 7. The van der Waals surface area contributed by atoms with Crippen LogP contribution in [0.25, 0.3) is 0 Å². The van der Waals surface area contributed by atoms with E-state index >= 15 is 8.39 Å². The Morgan fingerprint density at radius 3 is 1.15 bits per heavy atom. The fraction of sp³-hybridized carbons (Fsp3) is 0. The standard InChI is InChI=1S/C18H10Cl5F2P/c19-13-14(20)16(22)18(17(23)15(13)21)26(24,25,11-7-3-1-4-8-11)12-9-5-2-6-10-12/h1-10H. The third-order valence-corrected chi connectivity index (χ3v) is 10.2. The molecule has 0 spiro atoms. The predicted molar refractivity (Wildman–Crippen MR) is 112 cm³/mol. The molecule has 136 valence electrons. The molecular weight excluding hydrogens is 462 g/mol. The average molecular weight is 473 g/mol. The Morgan fingerprint density at radius 2 is 0.808 bits per heavy atom. The Bertz CT molecular complexity index is 905. The molecular formula is C18H10Cl5F2P. The van der Waals surface area contributed by atoms with Crippen LogP contribution < -0.4 is 15.9 Å². The van der Waals surface area contributed by atoms with E-state index in [9.17, 15) is 0 Å². The summed E-state index contributed by atoms with van der Waals surface area (Å²) < 4.78 is 33.6. The van der Waals surface area contributed by atoms with Gasteiger partial charge in [0, 0.05) is 0 Å². The maximum absolute atomic E-state index is 16.8. The van der Waals surface area contributed by atoms with Gasteiger partial charge in [0.05, 0.1) is 0 Å². The summed E-state index contributed by atoms with van der Waals surface area (Å²) in [5.74, 6) is 0. The molecule has 0 nitrogen and oxygen atoms in total. The van der Waals surface area contributed by atoms with Crippen molar-refractivity contribution in [1.82, 2.24) is 0 Å². The Morgan fingerprint density at radius 1 is 0.500 bits per heavy atom. The third-order valence-electron chi connectivity index (χ3n) is 4.00. The number of rotatable bonds is 3. The minimum atomic E-state index is -6.05. The van der Waals surface area contributed by atoms with E-state index < -0.39 is 22.6 Å². The van der Waals surface area contributed by atoms with Gasteiger partial charge in [-0.15, -0.1) is 0 Å². The summed E-state index contributed by atoms with van der Waals surface area (Å²) in [6.07, 6.45) is 0. The second-order valence-corrected chi connectivity index (χ2v) is 10.7. The van der Waals surface area contributed by atoms with E-state index in [1.165, 1.54) is 48.5 Å². The number of hydrogen-bond acceptors (Lipinski definition) is 0. The normalized spacial score (nSPS) is 13.3. The second kappa shape index (κ2) is 7.09. The molecule has 0 aliphatic rings. The van der Waals surface area contributed by atoms with Crippen LogP contribution >= 0.6 is 65.2 Å². The van der Waals surface area contributed by atoms with Crippen LogP contribution in [0.15, 0.2) is 60.7 Å². The van der Waals surface area contributed by atoms with Crippen molar-refractivity contribution >= 4 is 81.1 Å². The quantitative estimate of drug-likeness (QED) is 0.210. The molecule has 0 saturated carbocycles. The van der Waals surface area contributed by atoms with Gasteiger partial charge in [-0.3, -0.25) is 0 Å². The number of hydrogen-bond donors (Lipinski definition) is 0. The molecule has 0 N–H and O–H groups in total. The fourth-order valence-electron chi connectivity index (χ4n) is 2.72. The molecule has 0 amide bonds. The Hall–Kier alpha value is -0.600. The number of benzene rings is 3. The molecule has 0 unspecified atom stereocenters. The van der Waals surface area contributed by atoms with Gasteiger partial charge in [-0.1, -0.05) is 0 Å². The molecule has 3 rings (SSSR count). The van der Waals surface area contributed by atoms with Gasteiger partial charge in [0.25, 0.3) is 0 Å². The maximum atomic E-state index is 16.8. The fourth-order valence-corrected chi connectivity index (χ4v) is 8.00. The monoisotopic (exact) mass is 470 g/mol. The van der Waals surface area contributed by atoms with E-state index in [2.05, 4.69) is 0 Å². The molecule has 0 aromatic heterocycles. The molecule has 8 heteroatoms. The zero-order chi connectivity index (χ0) is 19.1. The van der Waals surface area contributed by atoms with Gasteiger partial charge in [-0.25, -0.2) is 0 Å². The molecule has 0 fully saturated rings. The average Bonchev–Trinajstić information content (AvgIpc) is 2.66. The van der Waals surface area contributed by atoms with Crippen LogP contribution in [-0.4, -0.2) is 0 Å². The van der Waals surface area contributed by atoms with Gasteiger partial charge in [0.15, 0.2) is 0 Å². The molecule has 0 atom stereocenters. The first-order valence-corrected chi connectivity index (χ1v) is 11.2. The van der Waals surface area contributed by atoms with Crippen molar-refractivity contribution in [3.8, 4) is 0 Å². The molecule has 0 aliphatic heterocycles. The van der Waals surface area contributed by atoms with Gasteiger partial charge in [0.2, 0.25) is 0 Å². The van der Waals surface area contributed by atoms with E-state index in [4.69, 9.17) is 58.0 Å². The molecule has 0 heterocycles. The van der Waals surface area contributed by atoms with Crippen LogP contribution in [0.2, 0.25) is 25.1 Å². The molecule has 3 aromatic rings. The van der Waals surface area contributed by atoms with E-state index in [0.29, 0.717) is 0 Å². The van der Waals surface area contributed by atoms with Crippen molar-refractivity contribution in [1.29, 1.82) is 0 Å². The van der Waals surface area contributed by atoms with Crippen molar-refractivity contribution < 1.29 is 8.39 Å².